The quantitative estimate of drug-likeness (QED) is 0.708. The van der Waals surface area contributed by atoms with Gasteiger partial charge < -0.3 is 5.11 Å². The molecular weight excluding hydrogens is 190 g/mol. The maximum Gasteiger partial charge on any atom is 0.214 e. The average Bonchev–Trinajstić information content (AvgIpc) is 2.31. The number of hydrogen-bond donors (Lipinski definition) is 1. The predicted octanol–water partition coefficient (Wildman–Crippen LogP) is 0.0404. The minimum atomic E-state index is -2.95. The van der Waals surface area contributed by atoms with Crippen molar-refractivity contribution in [3.63, 3.8) is 0 Å². The highest BCUT2D eigenvalue weighted by Crippen LogP contribution is 2.16. The van der Waals surface area contributed by atoms with E-state index in [9.17, 15) is 8.42 Å². The molecule has 0 amide bonds. The number of nitrogens with zero attached hydrogens (tertiary/aromatic N) is 1. The van der Waals surface area contributed by atoms with Gasteiger partial charge in [-0.25, -0.2) is 12.7 Å². The number of aliphatic hydroxyl groups excluding tert-OH is 1. The van der Waals surface area contributed by atoms with Crippen LogP contribution in [0.15, 0.2) is 0 Å². The Bertz CT molecular complexity index is 250. The van der Waals surface area contributed by atoms with Crippen molar-refractivity contribution in [1.29, 1.82) is 0 Å². The molecule has 0 aromatic carbocycles. The van der Waals surface area contributed by atoms with Crippen molar-refractivity contribution in [2.75, 3.05) is 25.4 Å². The number of sulfonamides is 1. The highest BCUT2D eigenvalue weighted by molar-refractivity contribution is 7.89. The van der Waals surface area contributed by atoms with Crippen LogP contribution in [0.1, 0.15) is 19.8 Å². The lowest BCUT2D eigenvalue weighted by atomic mass is 10.1. The third kappa shape index (κ3) is 2.93. The van der Waals surface area contributed by atoms with Gasteiger partial charge in [-0.15, -0.1) is 0 Å². The molecule has 1 heterocycles. The van der Waals surface area contributed by atoms with Gasteiger partial charge in [0.15, 0.2) is 0 Å². The maximum absolute atomic E-state index is 11.4. The Morgan fingerprint density at radius 1 is 1.54 bits per heavy atom. The first-order valence-electron chi connectivity index (χ1n) is 4.65. The third-order valence-electron chi connectivity index (χ3n) is 2.34. The van der Waals surface area contributed by atoms with Crippen LogP contribution in [0.25, 0.3) is 0 Å². The van der Waals surface area contributed by atoms with Crippen LogP contribution in [-0.4, -0.2) is 43.3 Å². The molecule has 13 heavy (non-hydrogen) atoms. The van der Waals surface area contributed by atoms with E-state index in [1.54, 1.807) is 0 Å². The highest BCUT2D eigenvalue weighted by atomic mass is 32.2. The lowest BCUT2D eigenvalue weighted by Crippen LogP contribution is -2.30. The largest absolute Gasteiger partial charge is 0.396 e. The molecule has 0 aromatic rings. The Labute approximate surface area is 79.6 Å². The molecule has 4 nitrogen and oxygen atoms in total. The minimum Gasteiger partial charge on any atom is -0.396 e. The molecule has 1 atom stereocenters. The van der Waals surface area contributed by atoms with E-state index in [1.807, 2.05) is 6.92 Å². The van der Waals surface area contributed by atoms with Crippen molar-refractivity contribution < 1.29 is 13.5 Å². The Hall–Kier alpha value is -0.130. The molecule has 1 unspecified atom stereocenters. The molecule has 0 saturated carbocycles. The van der Waals surface area contributed by atoms with Gasteiger partial charge in [-0.05, 0) is 18.8 Å². The van der Waals surface area contributed by atoms with Crippen LogP contribution in [0.3, 0.4) is 0 Å². The topological polar surface area (TPSA) is 57.6 Å². The molecule has 0 bridgehead atoms. The fourth-order valence-corrected chi connectivity index (χ4v) is 3.20. The Kier molecular flexibility index (Phi) is 3.70. The maximum atomic E-state index is 11.4. The molecule has 1 N–H and O–H groups in total. The molecule has 1 fully saturated rings. The summed E-state index contributed by atoms with van der Waals surface area (Å²) >= 11 is 0. The summed E-state index contributed by atoms with van der Waals surface area (Å²) in [6, 6.07) is 0. The zero-order valence-corrected chi connectivity index (χ0v) is 8.76. The van der Waals surface area contributed by atoms with Gasteiger partial charge in [0, 0.05) is 19.7 Å². The molecule has 5 heteroatoms. The first-order chi connectivity index (χ1) is 6.06. The third-order valence-corrected chi connectivity index (χ3v) is 4.26. The fourth-order valence-electron chi connectivity index (χ4n) is 1.56. The summed E-state index contributed by atoms with van der Waals surface area (Å²) in [4.78, 5) is 0. The van der Waals surface area contributed by atoms with E-state index >= 15 is 0 Å². The van der Waals surface area contributed by atoms with Crippen molar-refractivity contribution >= 4 is 10.0 Å². The van der Waals surface area contributed by atoms with Gasteiger partial charge in [0.25, 0.3) is 0 Å². The van der Waals surface area contributed by atoms with E-state index in [0.717, 1.165) is 6.42 Å². The van der Waals surface area contributed by atoms with Crippen LogP contribution in [0.2, 0.25) is 0 Å². The smallest absolute Gasteiger partial charge is 0.214 e. The minimum absolute atomic E-state index is 0.134. The van der Waals surface area contributed by atoms with Crippen LogP contribution in [0.4, 0.5) is 0 Å². The summed E-state index contributed by atoms with van der Waals surface area (Å²) in [5, 5.41) is 8.67. The van der Waals surface area contributed by atoms with Crippen molar-refractivity contribution in [3.05, 3.63) is 0 Å². The van der Waals surface area contributed by atoms with Crippen LogP contribution in [0, 0.1) is 5.92 Å². The van der Waals surface area contributed by atoms with E-state index in [0.29, 0.717) is 25.3 Å². The van der Waals surface area contributed by atoms with Crippen molar-refractivity contribution in [2.24, 2.45) is 5.92 Å². The molecule has 1 aliphatic heterocycles. The molecular formula is C8H17NO3S. The predicted molar refractivity (Wildman–Crippen MR) is 50.8 cm³/mol. The van der Waals surface area contributed by atoms with Gasteiger partial charge in [0.05, 0.1) is 5.75 Å². The summed E-state index contributed by atoms with van der Waals surface area (Å²) in [5.41, 5.74) is 0. The summed E-state index contributed by atoms with van der Waals surface area (Å²) in [6.07, 6.45) is 1.42. The zero-order valence-electron chi connectivity index (χ0n) is 7.94. The van der Waals surface area contributed by atoms with Crippen LogP contribution in [-0.2, 0) is 10.0 Å². The van der Waals surface area contributed by atoms with Gasteiger partial charge in [0.2, 0.25) is 10.0 Å². The second-order valence-electron chi connectivity index (χ2n) is 3.65. The van der Waals surface area contributed by atoms with E-state index in [-0.39, 0.29) is 12.5 Å². The molecule has 0 radical (unpaired) electrons. The van der Waals surface area contributed by atoms with Gasteiger partial charge in [-0.1, -0.05) is 6.92 Å². The van der Waals surface area contributed by atoms with E-state index in [1.165, 1.54) is 4.31 Å². The van der Waals surface area contributed by atoms with Gasteiger partial charge in [0.1, 0.15) is 0 Å². The summed E-state index contributed by atoms with van der Waals surface area (Å²) in [7, 11) is -2.95. The normalized spacial score (nSPS) is 24.8. The Balaban J connectivity index is 2.45. The standard InChI is InChI=1S/C8H17NO3S/c1-8(3-5-10)7-9-4-2-6-13(9,11)12/h8,10H,2-7H2,1H3. The Morgan fingerprint density at radius 2 is 2.23 bits per heavy atom. The lowest BCUT2D eigenvalue weighted by molar-refractivity contribution is 0.247. The first-order valence-corrected chi connectivity index (χ1v) is 6.26. The van der Waals surface area contributed by atoms with E-state index in [4.69, 9.17) is 5.11 Å². The monoisotopic (exact) mass is 207 g/mol. The molecule has 1 aliphatic rings. The van der Waals surface area contributed by atoms with E-state index < -0.39 is 10.0 Å². The van der Waals surface area contributed by atoms with Crippen LogP contribution in [0.5, 0.6) is 0 Å². The molecule has 0 aliphatic carbocycles. The van der Waals surface area contributed by atoms with Gasteiger partial charge in [-0.2, -0.15) is 0 Å². The number of hydrogen-bond acceptors (Lipinski definition) is 3. The van der Waals surface area contributed by atoms with Crippen molar-refractivity contribution in [1.82, 2.24) is 4.31 Å². The fraction of sp³-hybridized carbons (Fsp3) is 1.00. The SMILES string of the molecule is CC(CCO)CN1CCCS1(=O)=O. The summed E-state index contributed by atoms with van der Waals surface area (Å²) in [5.74, 6) is 0.539. The Morgan fingerprint density at radius 3 is 2.69 bits per heavy atom. The van der Waals surface area contributed by atoms with Gasteiger partial charge >= 0.3 is 0 Å². The van der Waals surface area contributed by atoms with Crippen molar-refractivity contribution in [3.8, 4) is 0 Å². The average molecular weight is 207 g/mol. The lowest BCUT2D eigenvalue weighted by Gasteiger charge is -2.18. The van der Waals surface area contributed by atoms with Gasteiger partial charge in [-0.3, -0.25) is 0 Å². The van der Waals surface area contributed by atoms with E-state index in [2.05, 4.69) is 0 Å². The van der Waals surface area contributed by atoms with Crippen molar-refractivity contribution in [2.45, 2.75) is 19.8 Å². The molecule has 1 rings (SSSR count). The van der Waals surface area contributed by atoms with Crippen LogP contribution < -0.4 is 0 Å². The number of aliphatic hydroxyl groups is 1. The second-order valence-corrected chi connectivity index (χ2v) is 5.73. The summed E-state index contributed by atoms with van der Waals surface area (Å²) < 4.78 is 24.3. The van der Waals surface area contributed by atoms with Crippen LogP contribution >= 0.6 is 0 Å². The molecule has 0 spiro atoms. The number of rotatable bonds is 4. The molecule has 0 aromatic heterocycles. The first kappa shape index (κ1) is 10.9. The molecule has 78 valence electrons. The highest BCUT2D eigenvalue weighted by Gasteiger charge is 2.28. The zero-order chi connectivity index (χ0) is 9.90. The molecule has 1 saturated heterocycles. The summed E-state index contributed by atoms with van der Waals surface area (Å²) in [6.45, 7) is 3.31. The second kappa shape index (κ2) is 4.39.